The van der Waals surface area contributed by atoms with Crippen molar-refractivity contribution in [3.8, 4) is 145 Å². The second-order valence-corrected chi connectivity index (χ2v) is 21.4. The van der Waals surface area contributed by atoms with Gasteiger partial charge >= 0.3 is 0 Å². The number of hydrogen-bond acceptors (Lipinski definition) is 0. The van der Waals surface area contributed by atoms with Crippen molar-refractivity contribution >= 4 is 0 Å². The first-order valence-corrected chi connectivity index (χ1v) is 29.0. The maximum absolute atomic E-state index is 2.50. The molecule has 14 aromatic carbocycles. The highest BCUT2D eigenvalue weighted by Crippen LogP contribution is 2.56. The molecule has 0 aliphatic rings. The number of hydrogen-bond donors (Lipinski definition) is 0. The molecule has 0 fully saturated rings. The summed E-state index contributed by atoms with van der Waals surface area (Å²) in [7, 11) is 0. The topological polar surface area (TPSA) is 0 Å². The van der Waals surface area contributed by atoms with Gasteiger partial charge < -0.3 is 0 Å². The van der Waals surface area contributed by atoms with Crippen molar-refractivity contribution in [3.05, 3.63) is 352 Å². The molecule has 0 nitrogen and oxygen atoms in total. The Morgan fingerprint density at radius 3 is 0.548 bits per heavy atom. The summed E-state index contributed by atoms with van der Waals surface area (Å²) < 4.78 is 0. The third-order valence-electron chi connectivity index (χ3n) is 16.3. The highest BCUT2D eigenvalue weighted by molar-refractivity contribution is 6.13. The Morgan fingerprint density at radius 2 is 0.298 bits per heavy atom. The molecule has 14 rings (SSSR count). The zero-order chi connectivity index (χ0) is 56.0. The first kappa shape index (κ1) is 51.2. The Hall–Kier alpha value is -10.9. The third kappa shape index (κ3) is 9.97. The van der Waals surface area contributed by atoms with Gasteiger partial charge in [0, 0.05) is 0 Å². The second kappa shape index (κ2) is 23.3. The number of rotatable bonds is 13. The van der Waals surface area contributed by atoms with Crippen molar-refractivity contribution in [2.45, 2.75) is 0 Å². The van der Waals surface area contributed by atoms with Crippen molar-refractivity contribution in [2.24, 2.45) is 0 Å². The van der Waals surface area contributed by atoms with Crippen LogP contribution in [0.3, 0.4) is 0 Å². The largest absolute Gasteiger partial charge is 0.0622 e. The van der Waals surface area contributed by atoms with Crippen LogP contribution in [0, 0.1) is 0 Å². The summed E-state index contributed by atoms with van der Waals surface area (Å²) >= 11 is 0. The lowest BCUT2D eigenvalue weighted by Gasteiger charge is -2.27. The van der Waals surface area contributed by atoms with Gasteiger partial charge in [-0.05, 0) is 169 Å². The van der Waals surface area contributed by atoms with Gasteiger partial charge in [0.25, 0.3) is 0 Å². The molecule has 0 bridgehead atoms. The monoisotopic (exact) mass is 1070 g/mol. The molecular weight excluding hydrogens is 1010 g/mol. The Kier molecular flexibility index (Phi) is 14.2. The zero-order valence-electron chi connectivity index (χ0n) is 46.5. The van der Waals surface area contributed by atoms with Crippen molar-refractivity contribution in [2.75, 3.05) is 0 Å². The standard InChI is InChI=1S/C84H58/c1-11-31-59(32-12-1)69-51-53-71(75(55-69)77-57-73(61-35-15-3-16-36-61)79(63-39-19-5-20-40-63)83(67-47-27-9-28-48-67)81(77)65-43-23-7-24-44-65)72-54-52-70(60-33-13-2-14-34-60)56-76(72)78-58-74(62-37-17-4-18-38-62)80(64-41-21-6-22-42-64)84(68-49-29-10-30-50-68)82(78)66-45-25-8-26-46-66/h1-58H. The van der Waals surface area contributed by atoms with Crippen LogP contribution in [-0.2, 0) is 0 Å². The van der Waals surface area contributed by atoms with Crippen molar-refractivity contribution in [1.82, 2.24) is 0 Å². The minimum atomic E-state index is 1.13. The first-order valence-electron chi connectivity index (χ1n) is 29.0. The van der Waals surface area contributed by atoms with Crippen LogP contribution in [0.4, 0.5) is 0 Å². The summed E-state index contributed by atoms with van der Waals surface area (Å²) in [6, 6.07) is 129. The van der Waals surface area contributed by atoms with Gasteiger partial charge in [-0.25, -0.2) is 0 Å². The van der Waals surface area contributed by atoms with Gasteiger partial charge in [-0.1, -0.05) is 328 Å². The fraction of sp³-hybridized carbons (Fsp3) is 0. The van der Waals surface area contributed by atoms with E-state index in [4.69, 9.17) is 0 Å². The highest BCUT2D eigenvalue weighted by Gasteiger charge is 2.29. The normalized spacial score (nSPS) is 11.1. The Bertz CT molecular complexity index is 4250. The smallest absolute Gasteiger partial charge is 0.00143 e. The van der Waals surface area contributed by atoms with E-state index in [0.29, 0.717) is 0 Å². The van der Waals surface area contributed by atoms with E-state index in [1.54, 1.807) is 0 Å². The molecule has 0 heteroatoms. The molecular formula is C84H58. The van der Waals surface area contributed by atoms with Crippen LogP contribution in [0.1, 0.15) is 0 Å². The van der Waals surface area contributed by atoms with Gasteiger partial charge in [-0.2, -0.15) is 0 Å². The van der Waals surface area contributed by atoms with Crippen LogP contribution < -0.4 is 0 Å². The van der Waals surface area contributed by atoms with E-state index in [1.807, 2.05) is 0 Å². The first-order chi connectivity index (χ1) is 41.7. The van der Waals surface area contributed by atoms with Gasteiger partial charge in [-0.15, -0.1) is 0 Å². The molecule has 0 aliphatic heterocycles. The molecule has 0 amide bonds. The van der Waals surface area contributed by atoms with Crippen LogP contribution >= 0.6 is 0 Å². The predicted molar refractivity (Wildman–Crippen MR) is 357 cm³/mol. The molecule has 0 heterocycles. The number of benzene rings is 14. The van der Waals surface area contributed by atoms with Gasteiger partial charge in [0.15, 0.2) is 0 Å². The SMILES string of the molecule is c1ccc(-c2ccc(-c3ccc(-c4ccccc4)cc3-c3cc(-c4ccccc4)c(-c4ccccc4)c(-c4ccccc4)c3-c3ccccc3)c(-c3cc(-c4ccccc4)c(-c4ccccc4)c(-c4ccccc4)c3-c3ccccc3)c2)cc1. The Balaban J connectivity index is 1.18. The molecule has 0 spiro atoms. The Labute approximate surface area is 493 Å². The summed E-state index contributed by atoms with van der Waals surface area (Å²) in [5, 5.41) is 0. The lowest BCUT2D eigenvalue weighted by molar-refractivity contribution is 1.50. The van der Waals surface area contributed by atoms with Crippen molar-refractivity contribution < 1.29 is 0 Å². The second-order valence-electron chi connectivity index (χ2n) is 21.4. The third-order valence-corrected chi connectivity index (χ3v) is 16.3. The van der Waals surface area contributed by atoms with E-state index in [-0.39, 0.29) is 0 Å². The minimum Gasteiger partial charge on any atom is -0.0622 e. The molecule has 0 unspecified atom stereocenters. The zero-order valence-corrected chi connectivity index (χ0v) is 46.5. The molecule has 0 aromatic heterocycles. The molecule has 84 heavy (non-hydrogen) atoms. The maximum atomic E-state index is 2.50. The van der Waals surface area contributed by atoms with Gasteiger partial charge in [-0.3, -0.25) is 0 Å². The summed E-state index contributed by atoms with van der Waals surface area (Å²) in [6.07, 6.45) is 0. The van der Waals surface area contributed by atoms with E-state index in [9.17, 15) is 0 Å². The summed E-state index contributed by atoms with van der Waals surface area (Å²) in [4.78, 5) is 0. The van der Waals surface area contributed by atoms with Gasteiger partial charge in [0.1, 0.15) is 0 Å². The Morgan fingerprint density at radius 1 is 0.0952 bits per heavy atom. The van der Waals surface area contributed by atoms with E-state index in [0.717, 1.165) is 111 Å². The maximum Gasteiger partial charge on any atom is -0.00143 e. The molecule has 0 N–H and O–H groups in total. The van der Waals surface area contributed by atoms with Crippen LogP contribution in [-0.4, -0.2) is 0 Å². The summed E-state index contributed by atoms with van der Waals surface area (Å²) in [5.41, 5.74) is 30.0. The molecule has 0 saturated carbocycles. The van der Waals surface area contributed by atoms with E-state index in [1.165, 1.54) is 33.4 Å². The average Bonchev–Trinajstić information content (AvgIpc) is 1.45. The quantitative estimate of drug-likeness (QED) is 0.108. The fourth-order valence-electron chi connectivity index (χ4n) is 12.5. The van der Waals surface area contributed by atoms with Gasteiger partial charge in [0.2, 0.25) is 0 Å². The molecule has 0 saturated heterocycles. The molecule has 0 radical (unpaired) electrons. The minimum absolute atomic E-state index is 1.13. The average molecular weight is 1070 g/mol. The molecule has 394 valence electrons. The molecule has 0 atom stereocenters. The van der Waals surface area contributed by atoms with E-state index < -0.39 is 0 Å². The van der Waals surface area contributed by atoms with Crippen LogP contribution in [0.25, 0.3) is 145 Å². The summed E-state index contributed by atoms with van der Waals surface area (Å²) in [6.45, 7) is 0. The predicted octanol–water partition coefficient (Wildman–Crippen LogP) is 23.4. The van der Waals surface area contributed by atoms with E-state index in [2.05, 4.69) is 352 Å². The fourth-order valence-corrected chi connectivity index (χ4v) is 12.5. The molecule has 0 aliphatic carbocycles. The summed E-state index contributed by atoms with van der Waals surface area (Å²) in [5.74, 6) is 0. The van der Waals surface area contributed by atoms with Crippen molar-refractivity contribution in [3.63, 3.8) is 0 Å². The van der Waals surface area contributed by atoms with Crippen LogP contribution in [0.5, 0.6) is 0 Å². The van der Waals surface area contributed by atoms with Crippen LogP contribution in [0.15, 0.2) is 352 Å². The molecule has 14 aromatic rings. The highest BCUT2D eigenvalue weighted by atomic mass is 14.3. The van der Waals surface area contributed by atoms with Crippen LogP contribution in [0.2, 0.25) is 0 Å². The lowest BCUT2D eigenvalue weighted by atomic mass is 9.75. The lowest BCUT2D eigenvalue weighted by Crippen LogP contribution is -2.01. The van der Waals surface area contributed by atoms with Gasteiger partial charge in [0.05, 0.1) is 0 Å². The van der Waals surface area contributed by atoms with Crippen molar-refractivity contribution in [1.29, 1.82) is 0 Å². The van der Waals surface area contributed by atoms with E-state index >= 15 is 0 Å².